The monoisotopic (exact) mass is 345 g/mol. The molecule has 0 aliphatic carbocycles. The molecule has 1 aromatic carbocycles. The lowest BCUT2D eigenvalue weighted by Crippen LogP contribution is -2.26. The van der Waals surface area contributed by atoms with Crippen LogP contribution in [0.2, 0.25) is 0 Å². The molecule has 0 fully saturated rings. The van der Waals surface area contributed by atoms with Crippen molar-refractivity contribution in [3.8, 4) is 0 Å². The Bertz CT molecular complexity index is 801. The highest BCUT2D eigenvalue weighted by molar-refractivity contribution is 7.92. The van der Waals surface area contributed by atoms with Gasteiger partial charge in [0.05, 0.1) is 0 Å². The van der Waals surface area contributed by atoms with E-state index in [9.17, 15) is 13.2 Å². The normalized spacial score (nSPS) is 11.5. The van der Waals surface area contributed by atoms with Gasteiger partial charge >= 0.3 is 0 Å². The van der Waals surface area contributed by atoms with Gasteiger partial charge in [0.1, 0.15) is 5.82 Å². The zero-order valence-electron chi connectivity index (χ0n) is 13.3. The van der Waals surface area contributed by atoms with E-state index in [0.717, 1.165) is 16.5 Å². The third kappa shape index (κ3) is 6.31. The molecule has 6 nitrogen and oxygen atoms in total. The van der Waals surface area contributed by atoms with Crippen LogP contribution in [0.15, 0.2) is 54.1 Å². The number of hydrogen-bond donors (Lipinski definition) is 2. The SMILES string of the molecule is Cc1ccc(NC(=O)CCNS(=O)(=O)/C=C/c2ccccc2)nc1. The summed E-state index contributed by atoms with van der Waals surface area (Å²) in [5, 5.41) is 3.70. The van der Waals surface area contributed by atoms with Crippen molar-refractivity contribution < 1.29 is 13.2 Å². The molecule has 1 heterocycles. The molecule has 7 heteroatoms. The van der Waals surface area contributed by atoms with E-state index in [4.69, 9.17) is 0 Å². The Morgan fingerprint density at radius 1 is 1.17 bits per heavy atom. The minimum Gasteiger partial charge on any atom is -0.311 e. The summed E-state index contributed by atoms with van der Waals surface area (Å²) in [6, 6.07) is 12.6. The molecule has 0 saturated carbocycles. The number of sulfonamides is 1. The number of anilines is 1. The lowest BCUT2D eigenvalue weighted by Gasteiger charge is -2.05. The predicted octanol–water partition coefficient (Wildman–Crippen LogP) is 2.31. The number of benzene rings is 1. The maximum Gasteiger partial charge on any atom is 0.233 e. The molecule has 0 bridgehead atoms. The molecule has 0 atom stereocenters. The van der Waals surface area contributed by atoms with Crippen molar-refractivity contribution in [3.05, 3.63) is 65.2 Å². The Hall–Kier alpha value is -2.51. The van der Waals surface area contributed by atoms with Gasteiger partial charge in [-0.3, -0.25) is 4.79 Å². The van der Waals surface area contributed by atoms with Crippen LogP contribution in [0.3, 0.4) is 0 Å². The highest BCUT2D eigenvalue weighted by Gasteiger charge is 2.07. The largest absolute Gasteiger partial charge is 0.311 e. The van der Waals surface area contributed by atoms with Gasteiger partial charge in [-0.15, -0.1) is 0 Å². The van der Waals surface area contributed by atoms with Crippen molar-refractivity contribution in [3.63, 3.8) is 0 Å². The third-order valence-electron chi connectivity index (χ3n) is 3.07. The van der Waals surface area contributed by atoms with Gasteiger partial charge in [0.2, 0.25) is 15.9 Å². The van der Waals surface area contributed by atoms with Crippen LogP contribution >= 0.6 is 0 Å². The molecule has 0 radical (unpaired) electrons. The molecule has 0 spiro atoms. The molecule has 2 N–H and O–H groups in total. The molecule has 1 amide bonds. The van der Waals surface area contributed by atoms with Crippen molar-refractivity contribution in [1.29, 1.82) is 0 Å². The summed E-state index contributed by atoms with van der Waals surface area (Å²) in [4.78, 5) is 15.8. The van der Waals surface area contributed by atoms with Crippen molar-refractivity contribution in [2.45, 2.75) is 13.3 Å². The minimum absolute atomic E-state index is 0.0131. The lowest BCUT2D eigenvalue weighted by atomic mass is 10.2. The van der Waals surface area contributed by atoms with E-state index in [1.807, 2.05) is 31.2 Å². The van der Waals surface area contributed by atoms with E-state index >= 15 is 0 Å². The van der Waals surface area contributed by atoms with Gasteiger partial charge in [-0.05, 0) is 30.2 Å². The zero-order valence-corrected chi connectivity index (χ0v) is 14.1. The number of pyridine rings is 1. The maximum atomic E-state index is 11.8. The summed E-state index contributed by atoms with van der Waals surface area (Å²) >= 11 is 0. The molecule has 24 heavy (non-hydrogen) atoms. The molecule has 2 rings (SSSR count). The number of carbonyl (C=O) groups excluding carboxylic acids is 1. The van der Waals surface area contributed by atoms with Crippen LogP contribution in [-0.4, -0.2) is 25.9 Å². The predicted molar refractivity (Wildman–Crippen MR) is 94.6 cm³/mol. The Kier molecular flexibility index (Phi) is 6.22. The average Bonchev–Trinajstić information content (AvgIpc) is 2.56. The van der Waals surface area contributed by atoms with Crippen LogP contribution in [0.25, 0.3) is 6.08 Å². The van der Waals surface area contributed by atoms with Gasteiger partial charge in [0.25, 0.3) is 0 Å². The molecule has 0 aliphatic rings. The summed E-state index contributed by atoms with van der Waals surface area (Å²) in [7, 11) is -3.58. The van der Waals surface area contributed by atoms with Crippen LogP contribution in [0.5, 0.6) is 0 Å². The molecule has 126 valence electrons. The fourth-order valence-corrected chi connectivity index (χ4v) is 2.65. The molecule has 0 aliphatic heterocycles. The van der Waals surface area contributed by atoms with E-state index in [-0.39, 0.29) is 18.9 Å². The summed E-state index contributed by atoms with van der Waals surface area (Å²) in [5.41, 5.74) is 1.78. The minimum atomic E-state index is -3.58. The molecular formula is C17H19N3O3S. The van der Waals surface area contributed by atoms with E-state index in [1.54, 1.807) is 24.4 Å². The van der Waals surface area contributed by atoms with Crippen LogP contribution in [0.4, 0.5) is 5.82 Å². The van der Waals surface area contributed by atoms with Crippen molar-refractivity contribution in [2.75, 3.05) is 11.9 Å². The van der Waals surface area contributed by atoms with Crippen LogP contribution < -0.4 is 10.0 Å². The van der Waals surface area contributed by atoms with Crippen molar-refractivity contribution in [2.24, 2.45) is 0 Å². The molecule has 1 aromatic heterocycles. The first-order valence-electron chi connectivity index (χ1n) is 7.40. The molecule has 0 saturated heterocycles. The summed E-state index contributed by atoms with van der Waals surface area (Å²) in [6.07, 6.45) is 3.17. The van der Waals surface area contributed by atoms with E-state index < -0.39 is 10.0 Å². The third-order valence-corrected chi connectivity index (χ3v) is 4.17. The van der Waals surface area contributed by atoms with E-state index in [2.05, 4.69) is 15.0 Å². The fraction of sp³-hybridized carbons (Fsp3) is 0.176. The number of hydrogen-bond acceptors (Lipinski definition) is 4. The summed E-state index contributed by atoms with van der Waals surface area (Å²) in [6.45, 7) is 1.91. The van der Waals surface area contributed by atoms with Crippen LogP contribution in [-0.2, 0) is 14.8 Å². The first-order valence-corrected chi connectivity index (χ1v) is 8.94. The van der Waals surface area contributed by atoms with Gasteiger partial charge in [-0.1, -0.05) is 36.4 Å². The Labute approximate surface area is 141 Å². The maximum absolute atomic E-state index is 11.8. The number of aromatic nitrogens is 1. The Balaban J connectivity index is 1.79. The standard InChI is InChI=1S/C17H19N3O3S/c1-14-7-8-16(18-13-14)20-17(21)9-11-19-24(22,23)12-10-15-5-3-2-4-6-15/h2-8,10,12-13,19H,9,11H2,1H3,(H,18,20,21)/b12-10+. The number of nitrogens with zero attached hydrogens (tertiary/aromatic N) is 1. The summed E-state index contributed by atoms with van der Waals surface area (Å²) < 4.78 is 26.0. The van der Waals surface area contributed by atoms with Gasteiger partial charge in [-0.2, -0.15) is 0 Å². The zero-order chi connectivity index (χ0) is 17.4. The smallest absolute Gasteiger partial charge is 0.233 e. The van der Waals surface area contributed by atoms with Crippen molar-refractivity contribution in [1.82, 2.24) is 9.71 Å². The fourth-order valence-electron chi connectivity index (χ4n) is 1.83. The number of rotatable bonds is 7. The highest BCUT2D eigenvalue weighted by Crippen LogP contribution is 2.05. The van der Waals surface area contributed by atoms with E-state index in [0.29, 0.717) is 5.82 Å². The molecule has 2 aromatic rings. The van der Waals surface area contributed by atoms with Gasteiger partial charge in [-0.25, -0.2) is 18.1 Å². The number of amides is 1. The molecular weight excluding hydrogens is 326 g/mol. The second-order valence-electron chi connectivity index (χ2n) is 5.17. The van der Waals surface area contributed by atoms with Crippen molar-refractivity contribution >= 4 is 27.8 Å². The summed E-state index contributed by atoms with van der Waals surface area (Å²) in [5.74, 6) is 0.138. The average molecular weight is 345 g/mol. The Morgan fingerprint density at radius 3 is 2.58 bits per heavy atom. The lowest BCUT2D eigenvalue weighted by molar-refractivity contribution is -0.116. The number of aryl methyl sites for hydroxylation is 1. The number of carbonyl (C=O) groups is 1. The topological polar surface area (TPSA) is 88.2 Å². The molecule has 0 unspecified atom stereocenters. The van der Waals surface area contributed by atoms with Gasteiger partial charge < -0.3 is 5.32 Å². The first-order chi connectivity index (χ1) is 11.4. The van der Waals surface area contributed by atoms with E-state index in [1.165, 1.54) is 6.08 Å². The van der Waals surface area contributed by atoms with Gasteiger partial charge in [0.15, 0.2) is 0 Å². The van der Waals surface area contributed by atoms with Gasteiger partial charge in [0, 0.05) is 24.6 Å². The first kappa shape index (κ1) is 17.8. The second-order valence-corrected chi connectivity index (χ2v) is 6.82. The highest BCUT2D eigenvalue weighted by atomic mass is 32.2. The number of nitrogens with one attached hydrogen (secondary N) is 2. The second kappa shape index (κ2) is 8.37. The van der Waals surface area contributed by atoms with Crippen LogP contribution in [0.1, 0.15) is 17.5 Å². The van der Waals surface area contributed by atoms with Crippen LogP contribution in [0, 0.1) is 6.92 Å². The Morgan fingerprint density at radius 2 is 1.92 bits per heavy atom. The quantitative estimate of drug-likeness (QED) is 0.806.